The largest absolute Gasteiger partial charge is 0.484 e. The van der Waals surface area contributed by atoms with E-state index in [4.69, 9.17) is 16.3 Å². The molecular formula is C23H24ClN3O3. The monoisotopic (exact) mass is 425 g/mol. The number of carbonyl (C=O) groups is 1. The summed E-state index contributed by atoms with van der Waals surface area (Å²) >= 11 is 5.92. The first-order valence-electron chi connectivity index (χ1n) is 9.73. The summed E-state index contributed by atoms with van der Waals surface area (Å²) < 4.78 is 6.98. The van der Waals surface area contributed by atoms with E-state index in [9.17, 15) is 9.59 Å². The van der Waals surface area contributed by atoms with E-state index in [-0.39, 0.29) is 18.1 Å². The van der Waals surface area contributed by atoms with Gasteiger partial charge in [-0.15, -0.1) is 0 Å². The zero-order valence-corrected chi connectivity index (χ0v) is 17.8. The number of nitrogens with zero attached hydrogens (tertiary/aromatic N) is 2. The molecule has 0 saturated heterocycles. The number of rotatable bonds is 8. The number of ether oxygens (including phenoxy) is 1. The molecule has 0 aliphatic rings. The molecule has 0 bridgehead atoms. The van der Waals surface area contributed by atoms with Crippen LogP contribution in [0.15, 0.2) is 59.4 Å². The fraction of sp³-hybridized carbons (Fsp3) is 0.261. The number of aryl methyl sites for hydroxylation is 3. The molecule has 0 aliphatic heterocycles. The SMILES string of the molecule is Cc1ccc(OCC(=O)NCCCn2nc(-c3ccc(Cl)cc3)ccc2=O)c(C)c1. The van der Waals surface area contributed by atoms with Gasteiger partial charge >= 0.3 is 0 Å². The predicted molar refractivity (Wildman–Crippen MR) is 118 cm³/mol. The lowest BCUT2D eigenvalue weighted by Crippen LogP contribution is -2.31. The zero-order chi connectivity index (χ0) is 21.5. The molecule has 2 aromatic carbocycles. The van der Waals surface area contributed by atoms with Crippen LogP contribution in [-0.4, -0.2) is 28.8 Å². The van der Waals surface area contributed by atoms with Crippen molar-refractivity contribution in [3.8, 4) is 17.0 Å². The van der Waals surface area contributed by atoms with E-state index in [1.807, 2.05) is 44.2 Å². The van der Waals surface area contributed by atoms with Crippen molar-refractivity contribution in [2.75, 3.05) is 13.2 Å². The van der Waals surface area contributed by atoms with Crippen molar-refractivity contribution in [2.24, 2.45) is 0 Å². The first kappa shape index (κ1) is 21.6. The second-order valence-corrected chi connectivity index (χ2v) is 7.48. The average Bonchev–Trinajstić information content (AvgIpc) is 2.72. The first-order chi connectivity index (χ1) is 14.4. The molecule has 0 fully saturated rings. The van der Waals surface area contributed by atoms with Gasteiger partial charge in [0.05, 0.1) is 5.69 Å². The molecule has 0 spiro atoms. The number of nitrogens with one attached hydrogen (secondary N) is 1. The lowest BCUT2D eigenvalue weighted by molar-refractivity contribution is -0.123. The fourth-order valence-electron chi connectivity index (χ4n) is 3.00. The van der Waals surface area contributed by atoms with E-state index >= 15 is 0 Å². The first-order valence-corrected chi connectivity index (χ1v) is 10.1. The van der Waals surface area contributed by atoms with Crippen molar-refractivity contribution in [3.05, 3.63) is 81.1 Å². The molecule has 30 heavy (non-hydrogen) atoms. The minimum Gasteiger partial charge on any atom is -0.484 e. The summed E-state index contributed by atoms with van der Waals surface area (Å²) in [5.41, 5.74) is 3.53. The van der Waals surface area contributed by atoms with Crippen LogP contribution in [0.2, 0.25) is 5.02 Å². The van der Waals surface area contributed by atoms with E-state index in [1.165, 1.54) is 10.7 Å². The van der Waals surface area contributed by atoms with Crippen LogP contribution in [0, 0.1) is 13.8 Å². The fourth-order valence-corrected chi connectivity index (χ4v) is 3.12. The number of hydrogen-bond acceptors (Lipinski definition) is 4. The highest BCUT2D eigenvalue weighted by molar-refractivity contribution is 6.30. The third-order valence-electron chi connectivity index (χ3n) is 4.56. The topological polar surface area (TPSA) is 73.2 Å². The van der Waals surface area contributed by atoms with Crippen molar-refractivity contribution >= 4 is 17.5 Å². The van der Waals surface area contributed by atoms with Gasteiger partial charge in [0.15, 0.2) is 6.61 Å². The Bertz CT molecular complexity index is 1080. The van der Waals surface area contributed by atoms with Gasteiger partial charge in [0.2, 0.25) is 0 Å². The quantitative estimate of drug-likeness (QED) is 0.557. The summed E-state index contributed by atoms with van der Waals surface area (Å²) in [7, 11) is 0. The molecule has 7 heteroatoms. The highest BCUT2D eigenvalue weighted by Gasteiger charge is 2.06. The number of benzene rings is 2. The average molecular weight is 426 g/mol. The number of hydrogen-bond donors (Lipinski definition) is 1. The number of amides is 1. The Balaban J connectivity index is 1.48. The Morgan fingerprint density at radius 2 is 1.87 bits per heavy atom. The van der Waals surface area contributed by atoms with Crippen LogP contribution in [0.1, 0.15) is 17.5 Å². The molecular weight excluding hydrogens is 402 g/mol. The maximum Gasteiger partial charge on any atom is 0.266 e. The van der Waals surface area contributed by atoms with Gasteiger partial charge in [-0.1, -0.05) is 41.4 Å². The van der Waals surface area contributed by atoms with Crippen molar-refractivity contribution in [1.29, 1.82) is 0 Å². The molecule has 0 unspecified atom stereocenters. The molecule has 1 N–H and O–H groups in total. The molecule has 156 valence electrons. The van der Waals surface area contributed by atoms with Gasteiger partial charge in [0.25, 0.3) is 11.5 Å². The van der Waals surface area contributed by atoms with Gasteiger partial charge in [0.1, 0.15) is 5.75 Å². The van der Waals surface area contributed by atoms with Crippen molar-refractivity contribution in [2.45, 2.75) is 26.8 Å². The van der Waals surface area contributed by atoms with E-state index in [0.717, 1.165) is 16.7 Å². The normalized spacial score (nSPS) is 10.6. The zero-order valence-electron chi connectivity index (χ0n) is 17.0. The van der Waals surface area contributed by atoms with Crippen LogP contribution in [0.25, 0.3) is 11.3 Å². The smallest absolute Gasteiger partial charge is 0.266 e. The molecule has 0 atom stereocenters. The van der Waals surface area contributed by atoms with Crippen LogP contribution in [0.3, 0.4) is 0 Å². The molecule has 0 saturated carbocycles. The van der Waals surface area contributed by atoms with E-state index in [2.05, 4.69) is 10.4 Å². The van der Waals surface area contributed by atoms with E-state index in [1.54, 1.807) is 18.2 Å². The standard InChI is InChI=1S/C23H24ClN3O3/c1-16-4-10-21(17(2)14-16)30-15-22(28)25-12-3-13-27-23(29)11-9-20(26-27)18-5-7-19(24)8-6-18/h4-11,14H,3,12-13,15H2,1-2H3,(H,25,28). The molecule has 0 aliphatic carbocycles. The predicted octanol–water partition coefficient (Wildman–Crippen LogP) is 3.77. The van der Waals surface area contributed by atoms with Gasteiger partial charge in [-0.05, 0) is 50.1 Å². The second kappa shape index (κ2) is 10.1. The highest BCUT2D eigenvalue weighted by Crippen LogP contribution is 2.19. The summed E-state index contributed by atoms with van der Waals surface area (Å²) in [4.78, 5) is 24.1. The number of halogens is 1. The van der Waals surface area contributed by atoms with Crippen LogP contribution in [0.4, 0.5) is 0 Å². The summed E-state index contributed by atoms with van der Waals surface area (Å²) in [5.74, 6) is 0.496. The van der Waals surface area contributed by atoms with Crippen LogP contribution < -0.4 is 15.6 Å². The molecule has 3 rings (SSSR count). The Hall–Kier alpha value is -3.12. The van der Waals surface area contributed by atoms with E-state index in [0.29, 0.717) is 36.0 Å². The summed E-state index contributed by atoms with van der Waals surface area (Å²) in [6.07, 6.45) is 0.576. The van der Waals surface area contributed by atoms with E-state index < -0.39 is 0 Å². The third kappa shape index (κ3) is 5.94. The minimum absolute atomic E-state index is 0.0475. The van der Waals surface area contributed by atoms with Gasteiger partial charge < -0.3 is 10.1 Å². The summed E-state index contributed by atoms with van der Waals surface area (Å²) in [6, 6.07) is 16.3. The number of carbonyl (C=O) groups excluding carboxylic acids is 1. The van der Waals surface area contributed by atoms with Gasteiger partial charge in [0, 0.05) is 29.7 Å². The molecule has 1 aromatic heterocycles. The minimum atomic E-state index is -0.204. The lowest BCUT2D eigenvalue weighted by atomic mass is 10.1. The third-order valence-corrected chi connectivity index (χ3v) is 4.82. The Labute approximate surface area is 180 Å². The maximum absolute atomic E-state index is 12.1. The molecule has 6 nitrogen and oxygen atoms in total. The summed E-state index contributed by atoms with van der Waals surface area (Å²) in [5, 5.41) is 7.85. The van der Waals surface area contributed by atoms with Crippen molar-refractivity contribution in [1.82, 2.24) is 15.1 Å². The summed E-state index contributed by atoms with van der Waals surface area (Å²) in [6.45, 7) is 4.74. The second-order valence-electron chi connectivity index (χ2n) is 7.05. The van der Waals surface area contributed by atoms with Gasteiger partial charge in [-0.3, -0.25) is 9.59 Å². The van der Waals surface area contributed by atoms with Crippen LogP contribution in [-0.2, 0) is 11.3 Å². The molecule has 1 amide bonds. The Morgan fingerprint density at radius 1 is 1.10 bits per heavy atom. The highest BCUT2D eigenvalue weighted by atomic mass is 35.5. The number of aromatic nitrogens is 2. The van der Waals surface area contributed by atoms with Gasteiger partial charge in [-0.2, -0.15) is 5.10 Å². The van der Waals surface area contributed by atoms with Crippen molar-refractivity contribution in [3.63, 3.8) is 0 Å². The Kier molecular flexibility index (Phi) is 7.25. The van der Waals surface area contributed by atoms with Crippen molar-refractivity contribution < 1.29 is 9.53 Å². The van der Waals surface area contributed by atoms with Crippen LogP contribution in [0.5, 0.6) is 5.75 Å². The molecule has 1 heterocycles. The van der Waals surface area contributed by atoms with Gasteiger partial charge in [-0.25, -0.2) is 4.68 Å². The van der Waals surface area contributed by atoms with Crippen LogP contribution >= 0.6 is 11.6 Å². The maximum atomic E-state index is 12.1. The molecule has 0 radical (unpaired) electrons. The lowest BCUT2D eigenvalue weighted by Gasteiger charge is -2.11. The molecule has 3 aromatic rings. The Morgan fingerprint density at radius 3 is 2.60 bits per heavy atom.